The van der Waals surface area contributed by atoms with Crippen molar-refractivity contribution in [2.75, 3.05) is 49.6 Å². The summed E-state index contributed by atoms with van der Waals surface area (Å²) in [5, 5.41) is 3.07. The summed E-state index contributed by atoms with van der Waals surface area (Å²) in [6.07, 6.45) is 5.57. The Balaban J connectivity index is 1.37. The largest absolute Gasteiger partial charge is 0.378 e. The van der Waals surface area contributed by atoms with Crippen LogP contribution in [0.1, 0.15) is 38.2 Å². The summed E-state index contributed by atoms with van der Waals surface area (Å²) in [6, 6.07) is 6.44. The molecule has 1 aromatic rings. The summed E-state index contributed by atoms with van der Waals surface area (Å²) >= 11 is 0. The predicted molar refractivity (Wildman–Crippen MR) is 109 cm³/mol. The van der Waals surface area contributed by atoms with Crippen LogP contribution in [0.25, 0.3) is 0 Å². The van der Waals surface area contributed by atoms with Gasteiger partial charge in [-0.1, -0.05) is 19.8 Å². The molecule has 1 aromatic carbocycles. The third kappa shape index (κ3) is 4.08. The minimum atomic E-state index is -0.0226. The maximum absolute atomic E-state index is 12.4. The molecule has 0 aromatic heterocycles. The number of aryl methyl sites for hydroxylation is 1. The molecule has 0 radical (unpaired) electrons. The Hall–Kier alpha value is -1.75. The van der Waals surface area contributed by atoms with Crippen LogP contribution in [0, 0.1) is 24.7 Å². The minimum Gasteiger partial charge on any atom is -0.378 e. The van der Waals surface area contributed by atoms with Gasteiger partial charge in [0.1, 0.15) is 0 Å². The Morgan fingerprint density at radius 3 is 2.67 bits per heavy atom. The maximum Gasteiger partial charge on any atom is 0.322 e. The van der Waals surface area contributed by atoms with E-state index in [1.807, 2.05) is 4.90 Å². The summed E-state index contributed by atoms with van der Waals surface area (Å²) in [7, 11) is 0. The van der Waals surface area contributed by atoms with E-state index < -0.39 is 0 Å². The maximum atomic E-state index is 12.4. The van der Waals surface area contributed by atoms with Crippen LogP contribution in [-0.2, 0) is 4.74 Å². The van der Waals surface area contributed by atoms with E-state index in [1.54, 1.807) is 0 Å². The molecule has 0 bridgehead atoms. The van der Waals surface area contributed by atoms with Crippen LogP contribution >= 0.6 is 0 Å². The molecule has 1 unspecified atom stereocenters. The van der Waals surface area contributed by atoms with Crippen LogP contribution in [0.4, 0.5) is 16.2 Å². The molecular formula is C22H33N3O2. The van der Waals surface area contributed by atoms with Crippen LogP contribution in [0.15, 0.2) is 18.2 Å². The highest BCUT2D eigenvalue weighted by Crippen LogP contribution is 2.41. The summed E-state index contributed by atoms with van der Waals surface area (Å²) in [5.41, 5.74) is 3.34. The molecule has 1 N–H and O–H groups in total. The third-order valence-corrected chi connectivity index (χ3v) is 6.87. The summed E-state index contributed by atoms with van der Waals surface area (Å²) in [5.74, 6) is 2.67. The fourth-order valence-corrected chi connectivity index (χ4v) is 5.19. The van der Waals surface area contributed by atoms with E-state index in [-0.39, 0.29) is 6.03 Å². The zero-order chi connectivity index (χ0) is 18.8. The molecule has 2 heterocycles. The average Bonchev–Trinajstić information content (AvgIpc) is 3.33. The number of carbonyl (C=O) groups is 1. The Bertz CT molecular complexity index is 672. The highest BCUT2D eigenvalue weighted by molar-refractivity contribution is 5.90. The fraction of sp³-hybridized carbons (Fsp3) is 0.682. The Kier molecular flexibility index (Phi) is 5.58. The van der Waals surface area contributed by atoms with Crippen molar-refractivity contribution in [2.24, 2.45) is 17.8 Å². The van der Waals surface area contributed by atoms with E-state index in [2.05, 4.69) is 42.3 Å². The number of benzene rings is 1. The minimum absolute atomic E-state index is 0.0226. The number of hydrogen-bond donors (Lipinski definition) is 1. The van der Waals surface area contributed by atoms with Gasteiger partial charge in [0.25, 0.3) is 0 Å². The monoisotopic (exact) mass is 371 g/mol. The first-order chi connectivity index (χ1) is 13.1. The molecule has 2 aliphatic heterocycles. The van der Waals surface area contributed by atoms with Crippen LogP contribution < -0.4 is 10.2 Å². The lowest BCUT2D eigenvalue weighted by Gasteiger charge is -2.27. The molecule has 2 saturated heterocycles. The zero-order valence-electron chi connectivity index (χ0n) is 16.7. The SMILES string of the molecule is Cc1cc(N2CC[C@@H](C3CCC[C@@H]3C)C2)ccc1NC(=O)N1CCOCC1. The number of carbonyl (C=O) groups excluding carboxylic acids is 1. The second-order valence-electron chi connectivity index (χ2n) is 8.60. The molecule has 2 amide bonds. The lowest BCUT2D eigenvalue weighted by molar-refractivity contribution is 0.0564. The van der Waals surface area contributed by atoms with Crippen molar-refractivity contribution >= 4 is 17.4 Å². The van der Waals surface area contributed by atoms with E-state index in [0.717, 1.165) is 35.5 Å². The van der Waals surface area contributed by atoms with Crippen molar-refractivity contribution in [3.05, 3.63) is 23.8 Å². The molecule has 5 nitrogen and oxygen atoms in total. The lowest BCUT2D eigenvalue weighted by Crippen LogP contribution is -2.43. The summed E-state index contributed by atoms with van der Waals surface area (Å²) in [4.78, 5) is 16.8. The average molecular weight is 372 g/mol. The zero-order valence-corrected chi connectivity index (χ0v) is 16.7. The highest BCUT2D eigenvalue weighted by Gasteiger charge is 2.35. The molecule has 3 atom stereocenters. The number of amides is 2. The smallest absolute Gasteiger partial charge is 0.322 e. The molecular weight excluding hydrogens is 338 g/mol. The second kappa shape index (κ2) is 8.09. The Morgan fingerprint density at radius 1 is 1.15 bits per heavy atom. The van der Waals surface area contributed by atoms with Crippen LogP contribution in [0.3, 0.4) is 0 Å². The van der Waals surface area contributed by atoms with Gasteiger partial charge in [-0.15, -0.1) is 0 Å². The van der Waals surface area contributed by atoms with Crippen LogP contribution in [0.2, 0.25) is 0 Å². The van der Waals surface area contributed by atoms with E-state index >= 15 is 0 Å². The van der Waals surface area contributed by atoms with Gasteiger partial charge < -0.3 is 19.9 Å². The first-order valence-corrected chi connectivity index (χ1v) is 10.6. The number of ether oxygens (including phenoxy) is 1. The van der Waals surface area contributed by atoms with Crippen molar-refractivity contribution in [1.82, 2.24) is 4.90 Å². The van der Waals surface area contributed by atoms with E-state index in [0.29, 0.717) is 26.3 Å². The van der Waals surface area contributed by atoms with Gasteiger partial charge in [0, 0.05) is 37.6 Å². The summed E-state index contributed by atoms with van der Waals surface area (Å²) in [6.45, 7) is 9.46. The van der Waals surface area contributed by atoms with Gasteiger partial charge in [-0.2, -0.15) is 0 Å². The number of anilines is 2. The Labute approximate surface area is 163 Å². The number of nitrogens with one attached hydrogen (secondary N) is 1. The van der Waals surface area contributed by atoms with Crippen molar-refractivity contribution < 1.29 is 9.53 Å². The molecule has 1 aliphatic carbocycles. The normalized spacial score (nSPS) is 28.6. The number of hydrogen-bond acceptors (Lipinski definition) is 3. The van der Waals surface area contributed by atoms with Gasteiger partial charge in [0.05, 0.1) is 13.2 Å². The number of urea groups is 1. The number of morpholine rings is 1. The molecule has 148 valence electrons. The van der Waals surface area contributed by atoms with E-state index in [4.69, 9.17) is 4.74 Å². The first-order valence-electron chi connectivity index (χ1n) is 10.6. The van der Waals surface area contributed by atoms with Gasteiger partial charge in [-0.3, -0.25) is 0 Å². The van der Waals surface area contributed by atoms with E-state index in [1.165, 1.54) is 37.9 Å². The Morgan fingerprint density at radius 2 is 1.96 bits per heavy atom. The lowest BCUT2D eigenvalue weighted by atomic mass is 9.84. The van der Waals surface area contributed by atoms with Crippen molar-refractivity contribution in [3.8, 4) is 0 Å². The van der Waals surface area contributed by atoms with Crippen molar-refractivity contribution in [2.45, 2.75) is 39.5 Å². The van der Waals surface area contributed by atoms with Crippen LogP contribution in [0.5, 0.6) is 0 Å². The molecule has 3 aliphatic rings. The van der Waals surface area contributed by atoms with Crippen LogP contribution in [-0.4, -0.2) is 50.3 Å². The molecule has 5 heteroatoms. The fourth-order valence-electron chi connectivity index (χ4n) is 5.19. The van der Waals surface area contributed by atoms with E-state index in [9.17, 15) is 4.79 Å². The van der Waals surface area contributed by atoms with Gasteiger partial charge in [0.15, 0.2) is 0 Å². The molecule has 4 rings (SSSR count). The molecule has 0 spiro atoms. The first kappa shape index (κ1) is 18.6. The number of rotatable bonds is 3. The summed E-state index contributed by atoms with van der Waals surface area (Å²) < 4.78 is 5.32. The van der Waals surface area contributed by atoms with Gasteiger partial charge in [-0.05, 0) is 61.3 Å². The van der Waals surface area contributed by atoms with Gasteiger partial charge in [0.2, 0.25) is 0 Å². The van der Waals surface area contributed by atoms with Gasteiger partial charge >= 0.3 is 6.03 Å². The highest BCUT2D eigenvalue weighted by atomic mass is 16.5. The second-order valence-corrected chi connectivity index (χ2v) is 8.60. The molecule has 1 saturated carbocycles. The quantitative estimate of drug-likeness (QED) is 0.869. The van der Waals surface area contributed by atoms with Crippen molar-refractivity contribution in [3.63, 3.8) is 0 Å². The topological polar surface area (TPSA) is 44.8 Å². The molecule has 3 fully saturated rings. The molecule has 27 heavy (non-hydrogen) atoms. The van der Waals surface area contributed by atoms with Crippen molar-refractivity contribution in [1.29, 1.82) is 0 Å². The standard InChI is InChI=1S/C22H33N3O2/c1-16-4-3-5-20(16)18-8-9-25(15-18)19-6-7-21(17(2)14-19)23-22(26)24-10-12-27-13-11-24/h6-7,14,16,18,20H,3-5,8-13,15H2,1-2H3,(H,23,26)/t16-,18+,20?/m0/s1. The predicted octanol–water partition coefficient (Wildman–Crippen LogP) is 4.12. The number of nitrogens with zero attached hydrogens (tertiary/aromatic N) is 2. The third-order valence-electron chi connectivity index (χ3n) is 6.87. The van der Waals surface area contributed by atoms with Gasteiger partial charge in [-0.25, -0.2) is 4.79 Å².